The number of carboxylic acid groups (broad SMARTS) is 1. The molecule has 1 saturated carbocycles. The molecule has 1 aliphatic heterocycles. The van der Waals surface area contributed by atoms with Gasteiger partial charge in [-0.3, -0.25) is 4.79 Å². The third kappa shape index (κ3) is 4.01. The summed E-state index contributed by atoms with van der Waals surface area (Å²) in [5.74, 6) is 0.915. The summed E-state index contributed by atoms with van der Waals surface area (Å²) < 4.78 is 6.05. The maximum atomic E-state index is 11.0. The predicted molar refractivity (Wildman–Crippen MR) is 85.3 cm³/mol. The first-order valence-electron chi connectivity index (χ1n) is 8.29. The van der Waals surface area contributed by atoms with Crippen LogP contribution in [0.3, 0.4) is 0 Å². The molecule has 0 spiro atoms. The van der Waals surface area contributed by atoms with Gasteiger partial charge < -0.3 is 14.7 Å². The van der Waals surface area contributed by atoms with Gasteiger partial charge in [0.05, 0.1) is 6.42 Å². The number of likely N-dealkylation sites (tertiary alicyclic amines) is 1. The molecule has 1 atom stereocenters. The Kier molecular flexibility index (Phi) is 4.67. The standard InChI is InChI=1S/C18H25NO3/c1-19-10-8-16(9-11-19)22-15-6-4-14(5-7-15)17(12-18(20)21)13-2-3-13/h4-7,13,16-17H,2-3,8-12H2,1H3,(H,20,21). The molecular weight excluding hydrogens is 278 g/mol. The second kappa shape index (κ2) is 6.69. The van der Waals surface area contributed by atoms with Crippen molar-refractivity contribution in [2.24, 2.45) is 5.92 Å². The zero-order valence-corrected chi connectivity index (χ0v) is 13.2. The first kappa shape index (κ1) is 15.3. The lowest BCUT2D eigenvalue weighted by Crippen LogP contribution is -2.35. The lowest BCUT2D eigenvalue weighted by molar-refractivity contribution is -0.137. The van der Waals surface area contributed by atoms with Crippen molar-refractivity contribution in [3.8, 4) is 5.75 Å². The first-order valence-corrected chi connectivity index (χ1v) is 8.29. The number of benzene rings is 1. The van der Waals surface area contributed by atoms with Crippen LogP contribution in [0.5, 0.6) is 5.75 Å². The van der Waals surface area contributed by atoms with E-state index in [4.69, 9.17) is 9.84 Å². The monoisotopic (exact) mass is 303 g/mol. The smallest absolute Gasteiger partial charge is 0.303 e. The van der Waals surface area contributed by atoms with Gasteiger partial charge in [0.15, 0.2) is 0 Å². The van der Waals surface area contributed by atoms with Crippen LogP contribution in [0.25, 0.3) is 0 Å². The Morgan fingerprint density at radius 1 is 1.23 bits per heavy atom. The topological polar surface area (TPSA) is 49.8 Å². The summed E-state index contributed by atoms with van der Waals surface area (Å²) in [5, 5.41) is 9.09. The first-order chi connectivity index (χ1) is 10.6. The van der Waals surface area contributed by atoms with Crippen molar-refractivity contribution in [3.63, 3.8) is 0 Å². The Morgan fingerprint density at radius 2 is 1.86 bits per heavy atom. The van der Waals surface area contributed by atoms with Crippen molar-refractivity contribution in [3.05, 3.63) is 29.8 Å². The van der Waals surface area contributed by atoms with Gasteiger partial charge in [0.2, 0.25) is 0 Å². The second-order valence-electron chi connectivity index (χ2n) is 6.73. The Bertz CT molecular complexity index is 502. The fraction of sp³-hybridized carbons (Fsp3) is 0.611. The zero-order valence-electron chi connectivity index (χ0n) is 13.2. The SMILES string of the molecule is CN1CCC(Oc2ccc(C(CC(=O)O)C3CC3)cc2)CC1. The molecule has 120 valence electrons. The van der Waals surface area contributed by atoms with Gasteiger partial charge in [-0.25, -0.2) is 0 Å². The van der Waals surface area contributed by atoms with Crippen LogP contribution in [-0.2, 0) is 4.79 Å². The van der Waals surface area contributed by atoms with E-state index < -0.39 is 5.97 Å². The van der Waals surface area contributed by atoms with Gasteiger partial charge in [0, 0.05) is 13.1 Å². The molecule has 22 heavy (non-hydrogen) atoms. The van der Waals surface area contributed by atoms with Crippen LogP contribution in [0, 0.1) is 5.92 Å². The van der Waals surface area contributed by atoms with Crippen molar-refractivity contribution in [1.82, 2.24) is 4.90 Å². The van der Waals surface area contributed by atoms with E-state index in [1.165, 1.54) is 0 Å². The molecule has 1 aliphatic carbocycles. The second-order valence-corrected chi connectivity index (χ2v) is 6.73. The lowest BCUT2D eigenvalue weighted by atomic mass is 9.91. The van der Waals surface area contributed by atoms with Crippen LogP contribution in [0.15, 0.2) is 24.3 Å². The highest BCUT2D eigenvalue weighted by Crippen LogP contribution is 2.44. The number of hydrogen-bond donors (Lipinski definition) is 1. The molecule has 2 aliphatic rings. The van der Waals surface area contributed by atoms with E-state index in [-0.39, 0.29) is 12.3 Å². The molecule has 1 heterocycles. The number of piperidine rings is 1. The summed E-state index contributed by atoms with van der Waals surface area (Å²) in [6, 6.07) is 8.11. The third-order valence-corrected chi connectivity index (χ3v) is 4.86. The summed E-state index contributed by atoms with van der Waals surface area (Å²) in [6.07, 6.45) is 5.00. The predicted octanol–water partition coefficient (Wildman–Crippen LogP) is 3.13. The third-order valence-electron chi connectivity index (χ3n) is 4.86. The van der Waals surface area contributed by atoms with Crippen molar-refractivity contribution in [2.45, 2.75) is 44.1 Å². The Morgan fingerprint density at radius 3 is 2.41 bits per heavy atom. The largest absolute Gasteiger partial charge is 0.490 e. The minimum Gasteiger partial charge on any atom is -0.490 e. The number of carbonyl (C=O) groups is 1. The van der Waals surface area contributed by atoms with Crippen LogP contribution in [0.1, 0.15) is 43.6 Å². The molecule has 4 nitrogen and oxygen atoms in total. The molecule has 4 heteroatoms. The molecule has 1 N–H and O–H groups in total. The van der Waals surface area contributed by atoms with E-state index in [9.17, 15) is 4.79 Å². The van der Waals surface area contributed by atoms with E-state index in [0.29, 0.717) is 12.0 Å². The summed E-state index contributed by atoms with van der Waals surface area (Å²) >= 11 is 0. The van der Waals surface area contributed by atoms with Crippen molar-refractivity contribution >= 4 is 5.97 Å². The maximum Gasteiger partial charge on any atom is 0.303 e. The number of rotatable bonds is 6. The molecule has 0 amide bonds. The molecule has 1 saturated heterocycles. The van der Waals surface area contributed by atoms with E-state index in [0.717, 1.165) is 50.1 Å². The van der Waals surface area contributed by atoms with Gasteiger partial charge >= 0.3 is 5.97 Å². The highest BCUT2D eigenvalue weighted by Gasteiger charge is 2.33. The zero-order chi connectivity index (χ0) is 15.5. The van der Waals surface area contributed by atoms with Crippen molar-refractivity contribution in [1.29, 1.82) is 0 Å². The van der Waals surface area contributed by atoms with Gasteiger partial charge in [-0.05, 0) is 62.3 Å². The number of hydrogen-bond acceptors (Lipinski definition) is 3. The number of nitrogens with zero attached hydrogens (tertiary/aromatic N) is 1. The Balaban J connectivity index is 1.60. The summed E-state index contributed by atoms with van der Waals surface area (Å²) in [7, 11) is 2.14. The normalized spacial score (nSPS) is 21.5. The number of aliphatic carboxylic acids is 1. The van der Waals surface area contributed by atoms with Gasteiger partial charge in [0.25, 0.3) is 0 Å². The van der Waals surface area contributed by atoms with E-state index >= 15 is 0 Å². The molecule has 0 aromatic heterocycles. The molecule has 2 fully saturated rings. The van der Waals surface area contributed by atoms with E-state index in [2.05, 4.69) is 24.1 Å². The lowest BCUT2D eigenvalue weighted by Gasteiger charge is -2.29. The molecule has 1 aromatic rings. The minimum absolute atomic E-state index is 0.162. The summed E-state index contributed by atoms with van der Waals surface area (Å²) in [4.78, 5) is 13.4. The highest BCUT2D eigenvalue weighted by atomic mass is 16.5. The molecular formula is C18H25NO3. The van der Waals surface area contributed by atoms with Crippen LogP contribution < -0.4 is 4.74 Å². The van der Waals surface area contributed by atoms with E-state index in [1.54, 1.807) is 0 Å². The van der Waals surface area contributed by atoms with Crippen LogP contribution in [0.4, 0.5) is 0 Å². The minimum atomic E-state index is -0.705. The molecule has 0 bridgehead atoms. The number of ether oxygens (including phenoxy) is 1. The van der Waals surface area contributed by atoms with Crippen molar-refractivity contribution in [2.75, 3.05) is 20.1 Å². The van der Waals surface area contributed by atoms with Gasteiger partial charge in [0.1, 0.15) is 11.9 Å². The fourth-order valence-corrected chi connectivity index (χ4v) is 3.33. The highest BCUT2D eigenvalue weighted by molar-refractivity contribution is 5.68. The molecule has 0 radical (unpaired) electrons. The summed E-state index contributed by atoms with van der Waals surface area (Å²) in [6.45, 7) is 2.18. The molecule has 3 rings (SSSR count). The van der Waals surface area contributed by atoms with Gasteiger partial charge in [-0.15, -0.1) is 0 Å². The molecule has 1 aromatic carbocycles. The molecule has 1 unspecified atom stereocenters. The average molecular weight is 303 g/mol. The van der Waals surface area contributed by atoms with Gasteiger partial charge in [-0.1, -0.05) is 12.1 Å². The van der Waals surface area contributed by atoms with Crippen LogP contribution >= 0.6 is 0 Å². The van der Waals surface area contributed by atoms with Gasteiger partial charge in [-0.2, -0.15) is 0 Å². The van der Waals surface area contributed by atoms with E-state index in [1.807, 2.05) is 12.1 Å². The maximum absolute atomic E-state index is 11.0. The Hall–Kier alpha value is -1.55. The van der Waals surface area contributed by atoms with Crippen LogP contribution in [-0.4, -0.2) is 42.2 Å². The average Bonchev–Trinajstić information content (AvgIpc) is 3.33. The summed E-state index contributed by atoms with van der Waals surface area (Å²) in [5.41, 5.74) is 1.14. The van der Waals surface area contributed by atoms with Crippen LogP contribution in [0.2, 0.25) is 0 Å². The fourth-order valence-electron chi connectivity index (χ4n) is 3.33. The Labute approximate surface area is 132 Å². The number of carboxylic acids is 1. The van der Waals surface area contributed by atoms with Crippen molar-refractivity contribution < 1.29 is 14.6 Å². The quantitative estimate of drug-likeness (QED) is 0.877.